The van der Waals surface area contributed by atoms with Gasteiger partial charge >= 0.3 is 0 Å². The molecular weight excluding hydrogens is 424 g/mol. The molecule has 0 heterocycles. The number of nitrogens with one attached hydrogen (secondary N) is 1. The zero-order valence-corrected chi connectivity index (χ0v) is 17.5. The highest BCUT2D eigenvalue weighted by Gasteiger charge is 2.12. The number of hydrogen-bond acceptors (Lipinski definition) is 2. The van der Waals surface area contributed by atoms with Crippen LogP contribution >= 0.6 is 15.9 Å². The molecule has 4 rings (SSSR count). The topological polar surface area (TPSA) is 41.5 Å². The summed E-state index contributed by atoms with van der Waals surface area (Å²) in [5, 5.41) is 6.05. The quantitative estimate of drug-likeness (QED) is 0.290. The van der Waals surface area contributed by atoms with E-state index in [0.717, 1.165) is 31.9 Å². The molecule has 0 spiro atoms. The Morgan fingerprint density at radius 1 is 0.897 bits per heavy atom. The fraction of sp³-hybridized carbons (Fsp3) is 0.0400. The molecule has 29 heavy (non-hydrogen) atoms. The Hall–Kier alpha value is -3.24. The van der Waals surface area contributed by atoms with Gasteiger partial charge in [-0.05, 0) is 58.7 Å². The van der Waals surface area contributed by atoms with Crippen molar-refractivity contribution < 1.29 is 4.79 Å². The van der Waals surface area contributed by atoms with E-state index in [0.29, 0.717) is 5.56 Å². The van der Waals surface area contributed by atoms with E-state index in [1.54, 1.807) is 6.21 Å². The van der Waals surface area contributed by atoms with Gasteiger partial charge in [-0.15, -0.1) is 0 Å². The smallest absolute Gasteiger partial charge is 0.267 e. The summed E-state index contributed by atoms with van der Waals surface area (Å²) in [5.74, 6) is -0.233. The van der Waals surface area contributed by atoms with E-state index in [1.165, 1.54) is 5.56 Å². The van der Waals surface area contributed by atoms with Gasteiger partial charge in [0.15, 0.2) is 0 Å². The number of rotatable bonds is 4. The van der Waals surface area contributed by atoms with Gasteiger partial charge in [0.05, 0.1) is 6.21 Å². The molecule has 0 aromatic heterocycles. The Morgan fingerprint density at radius 3 is 2.38 bits per heavy atom. The molecule has 142 valence electrons. The zero-order chi connectivity index (χ0) is 20.2. The highest BCUT2D eigenvalue weighted by Crippen LogP contribution is 2.28. The lowest BCUT2D eigenvalue weighted by Gasteiger charge is -2.10. The molecule has 4 aromatic carbocycles. The SMILES string of the molecule is Cc1ccc(C=NNC(=O)c2cc(-c3ccc(Br)cc3)cc3ccccc23)cc1. The lowest BCUT2D eigenvalue weighted by atomic mass is 9.96. The minimum atomic E-state index is -0.233. The number of benzene rings is 4. The Bertz CT molecular complexity index is 1200. The van der Waals surface area contributed by atoms with Crippen LogP contribution in [0.2, 0.25) is 0 Å². The van der Waals surface area contributed by atoms with Crippen molar-refractivity contribution in [1.82, 2.24) is 5.43 Å². The third-order valence-electron chi connectivity index (χ3n) is 4.74. The highest BCUT2D eigenvalue weighted by atomic mass is 79.9. The molecule has 4 heteroatoms. The number of fused-ring (bicyclic) bond motifs is 1. The van der Waals surface area contributed by atoms with Crippen LogP contribution in [0.5, 0.6) is 0 Å². The fourth-order valence-corrected chi connectivity index (χ4v) is 3.45. The summed E-state index contributed by atoms with van der Waals surface area (Å²) in [6, 6.07) is 27.9. The molecule has 0 fully saturated rings. The van der Waals surface area contributed by atoms with Crippen LogP contribution in [0, 0.1) is 6.92 Å². The van der Waals surface area contributed by atoms with Gasteiger partial charge in [-0.2, -0.15) is 5.10 Å². The maximum atomic E-state index is 12.9. The van der Waals surface area contributed by atoms with Crippen LogP contribution in [0.3, 0.4) is 0 Å². The van der Waals surface area contributed by atoms with Crippen LogP contribution in [0.4, 0.5) is 0 Å². The first-order chi connectivity index (χ1) is 14.1. The van der Waals surface area contributed by atoms with Gasteiger partial charge in [0.25, 0.3) is 5.91 Å². The minimum absolute atomic E-state index is 0.233. The molecule has 4 aromatic rings. The summed E-state index contributed by atoms with van der Waals surface area (Å²) in [6.45, 7) is 2.03. The Balaban J connectivity index is 1.67. The van der Waals surface area contributed by atoms with Gasteiger partial charge in [0.1, 0.15) is 0 Å². The highest BCUT2D eigenvalue weighted by molar-refractivity contribution is 9.10. The van der Waals surface area contributed by atoms with E-state index in [2.05, 4.69) is 32.5 Å². The molecule has 0 atom stereocenters. The second kappa shape index (κ2) is 8.41. The molecule has 0 aliphatic rings. The summed E-state index contributed by atoms with van der Waals surface area (Å²) in [6.07, 6.45) is 1.65. The van der Waals surface area contributed by atoms with Crippen molar-refractivity contribution in [3.63, 3.8) is 0 Å². The molecule has 0 saturated heterocycles. The second-order valence-corrected chi connectivity index (χ2v) is 7.78. The molecular formula is C25H19BrN2O. The van der Waals surface area contributed by atoms with Gasteiger partial charge in [-0.1, -0.05) is 82.2 Å². The third-order valence-corrected chi connectivity index (χ3v) is 5.27. The summed E-state index contributed by atoms with van der Waals surface area (Å²) < 4.78 is 1.02. The largest absolute Gasteiger partial charge is 0.272 e. The van der Waals surface area contributed by atoms with Gasteiger partial charge in [0.2, 0.25) is 0 Å². The summed E-state index contributed by atoms with van der Waals surface area (Å²) in [5.41, 5.74) is 7.42. The Morgan fingerprint density at radius 2 is 1.62 bits per heavy atom. The summed E-state index contributed by atoms with van der Waals surface area (Å²) >= 11 is 3.47. The van der Waals surface area contributed by atoms with Gasteiger partial charge in [-0.3, -0.25) is 4.79 Å². The molecule has 3 nitrogen and oxygen atoms in total. The van der Waals surface area contributed by atoms with Crippen molar-refractivity contribution in [3.05, 3.63) is 106 Å². The zero-order valence-electron chi connectivity index (χ0n) is 15.9. The predicted molar refractivity (Wildman–Crippen MR) is 123 cm³/mol. The van der Waals surface area contributed by atoms with Crippen LogP contribution < -0.4 is 5.43 Å². The van der Waals surface area contributed by atoms with Crippen molar-refractivity contribution in [1.29, 1.82) is 0 Å². The van der Waals surface area contributed by atoms with Gasteiger partial charge < -0.3 is 0 Å². The number of amides is 1. The van der Waals surface area contributed by atoms with E-state index >= 15 is 0 Å². The number of nitrogens with zero attached hydrogens (tertiary/aromatic N) is 1. The molecule has 0 bridgehead atoms. The predicted octanol–water partition coefficient (Wildman–Crippen LogP) is 6.34. The molecule has 0 saturated carbocycles. The first-order valence-corrected chi connectivity index (χ1v) is 10.1. The standard InChI is InChI=1S/C25H19BrN2O/c1-17-6-8-18(9-7-17)16-27-28-25(29)24-15-21(19-10-12-22(26)13-11-19)14-20-4-2-3-5-23(20)24/h2-16H,1H3,(H,28,29). The summed E-state index contributed by atoms with van der Waals surface area (Å²) in [7, 11) is 0. The molecule has 1 N–H and O–H groups in total. The molecule has 0 radical (unpaired) electrons. The second-order valence-electron chi connectivity index (χ2n) is 6.86. The minimum Gasteiger partial charge on any atom is -0.267 e. The number of carbonyl (C=O) groups is 1. The average Bonchev–Trinajstić information content (AvgIpc) is 2.75. The Kier molecular flexibility index (Phi) is 5.54. The van der Waals surface area contributed by atoms with Crippen molar-refractivity contribution in [3.8, 4) is 11.1 Å². The maximum Gasteiger partial charge on any atom is 0.272 e. The first kappa shape index (κ1) is 19.1. The summed E-state index contributed by atoms with van der Waals surface area (Å²) in [4.78, 5) is 12.9. The van der Waals surface area contributed by atoms with Crippen LogP contribution in [-0.2, 0) is 0 Å². The van der Waals surface area contributed by atoms with Crippen molar-refractivity contribution in [2.24, 2.45) is 5.10 Å². The van der Waals surface area contributed by atoms with E-state index in [4.69, 9.17) is 0 Å². The number of aryl methyl sites for hydroxylation is 1. The first-order valence-electron chi connectivity index (χ1n) is 9.29. The molecule has 1 amide bonds. The van der Waals surface area contributed by atoms with Crippen LogP contribution in [-0.4, -0.2) is 12.1 Å². The molecule has 0 aliphatic heterocycles. The number of hydrogen-bond donors (Lipinski definition) is 1. The fourth-order valence-electron chi connectivity index (χ4n) is 3.19. The lowest BCUT2D eigenvalue weighted by Crippen LogP contribution is -2.18. The molecule has 0 unspecified atom stereocenters. The Labute approximate surface area is 178 Å². The lowest BCUT2D eigenvalue weighted by molar-refractivity contribution is 0.0957. The third kappa shape index (κ3) is 4.44. The normalized spacial score (nSPS) is 11.1. The monoisotopic (exact) mass is 442 g/mol. The van der Waals surface area contributed by atoms with Crippen LogP contribution in [0.25, 0.3) is 21.9 Å². The average molecular weight is 443 g/mol. The van der Waals surface area contributed by atoms with Crippen molar-refractivity contribution in [2.45, 2.75) is 6.92 Å². The van der Waals surface area contributed by atoms with Gasteiger partial charge in [-0.25, -0.2) is 5.43 Å². The van der Waals surface area contributed by atoms with Crippen molar-refractivity contribution in [2.75, 3.05) is 0 Å². The van der Waals surface area contributed by atoms with E-state index < -0.39 is 0 Å². The number of carbonyl (C=O) groups excluding carboxylic acids is 1. The number of hydrazone groups is 1. The van der Waals surface area contributed by atoms with Crippen molar-refractivity contribution >= 4 is 38.8 Å². The van der Waals surface area contributed by atoms with E-state index in [9.17, 15) is 4.79 Å². The van der Waals surface area contributed by atoms with Crippen LogP contribution in [0.15, 0.2) is 94.5 Å². The van der Waals surface area contributed by atoms with E-state index in [-0.39, 0.29) is 5.91 Å². The maximum absolute atomic E-state index is 12.9. The van der Waals surface area contributed by atoms with Gasteiger partial charge in [0, 0.05) is 10.0 Å². The van der Waals surface area contributed by atoms with E-state index in [1.807, 2.05) is 85.8 Å². The number of halogens is 1. The molecule has 0 aliphatic carbocycles. The van der Waals surface area contributed by atoms with Crippen LogP contribution in [0.1, 0.15) is 21.5 Å².